The number of hydrogen-bond acceptors (Lipinski definition) is 5. The molecular weight excluding hydrogens is 294 g/mol. The fourth-order valence-corrected chi connectivity index (χ4v) is 2.35. The molecule has 1 heterocycles. The summed E-state index contributed by atoms with van der Waals surface area (Å²) in [6.07, 6.45) is 1.67. The highest BCUT2D eigenvalue weighted by atomic mass is 16.5. The maximum Gasteiger partial charge on any atom is 0.230 e. The average molecular weight is 311 g/mol. The second-order valence-electron chi connectivity index (χ2n) is 4.80. The van der Waals surface area contributed by atoms with Crippen molar-refractivity contribution in [1.29, 1.82) is 0 Å². The Labute approximate surface area is 134 Å². The number of para-hydroxylation sites is 1. The number of aromatic nitrogens is 1. The van der Waals surface area contributed by atoms with Crippen LogP contribution in [-0.4, -0.2) is 26.3 Å². The second-order valence-corrected chi connectivity index (χ2v) is 4.80. The van der Waals surface area contributed by atoms with Crippen LogP contribution in [0.3, 0.4) is 0 Å². The lowest BCUT2D eigenvalue weighted by Crippen LogP contribution is -1.90. The monoisotopic (exact) mass is 311 g/mol. The third-order valence-corrected chi connectivity index (χ3v) is 3.52. The molecule has 0 N–H and O–H groups in total. The van der Waals surface area contributed by atoms with E-state index in [1.807, 2.05) is 42.5 Å². The Morgan fingerprint density at radius 1 is 0.826 bits per heavy atom. The van der Waals surface area contributed by atoms with E-state index in [0.29, 0.717) is 23.1 Å². The van der Waals surface area contributed by atoms with Crippen LogP contribution < -0.4 is 14.2 Å². The van der Waals surface area contributed by atoms with Crippen molar-refractivity contribution in [1.82, 2.24) is 4.98 Å². The van der Waals surface area contributed by atoms with Gasteiger partial charge in [-0.05, 0) is 30.3 Å². The average Bonchev–Trinajstić information content (AvgIpc) is 3.10. The molecule has 2 aromatic carbocycles. The van der Waals surface area contributed by atoms with Gasteiger partial charge in [-0.2, -0.15) is 0 Å². The zero-order valence-electron chi connectivity index (χ0n) is 13.2. The summed E-state index contributed by atoms with van der Waals surface area (Å²) in [4.78, 5) is 4.36. The summed E-state index contributed by atoms with van der Waals surface area (Å²) in [6, 6.07) is 13.1. The van der Waals surface area contributed by atoms with Crippen molar-refractivity contribution in [2.75, 3.05) is 21.3 Å². The van der Waals surface area contributed by atoms with Gasteiger partial charge in [-0.15, -0.1) is 0 Å². The Morgan fingerprint density at radius 2 is 1.57 bits per heavy atom. The van der Waals surface area contributed by atoms with Crippen LogP contribution >= 0.6 is 0 Å². The van der Waals surface area contributed by atoms with Gasteiger partial charge in [0.2, 0.25) is 5.89 Å². The summed E-state index contributed by atoms with van der Waals surface area (Å²) >= 11 is 0. The fraction of sp³-hybridized carbons (Fsp3) is 0.167. The number of oxazole rings is 1. The molecule has 0 fully saturated rings. The van der Waals surface area contributed by atoms with Crippen LogP contribution in [0.25, 0.3) is 22.8 Å². The molecule has 0 atom stereocenters. The molecule has 0 unspecified atom stereocenters. The molecule has 0 spiro atoms. The van der Waals surface area contributed by atoms with E-state index in [4.69, 9.17) is 18.6 Å². The van der Waals surface area contributed by atoms with Gasteiger partial charge in [-0.25, -0.2) is 4.98 Å². The molecule has 118 valence electrons. The molecule has 0 bridgehead atoms. The SMILES string of the molecule is COc1ccc(OC)c(-c2ncc(-c3ccccc3OC)o2)c1. The lowest BCUT2D eigenvalue weighted by Gasteiger charge is -2.08. The zero-order chi connectivity index (χ0) is 16.2. The Bertz CT molecular complexity index is 810. The lowest BCUT2D eigenvalue weighted by atomic mass is 10.1. The van der Waals surface area contributed by atoms with E-state index >= 15 is 0 Å². The Balaban J connectivity index is 2.06. The van der Waals surface area contributed by atoms with Crippen molar-refractivity contribution in [3.63, 3.8) is 0 Å². The maximum absolute atomic E-state index is 5.91. The second kappa shape index (κ2) is 6.44. The number of methoxy groups -OCH3 is 3. The lowest BCUT2D eigenvalue weighted by molar-refractivity contribution is 0.402. The van der Waals surface area contributed by atoms with E-state index in [0.717, 1.165) is 16.9 Å². The van der Waals surface area contributed by atoms with Crippen molar-refractivity contribution >= 4 is 0 Å². The van der Waals surface area contributed by atoms with Gasteiger partial charge < -0.3 is 18.6 Å². The predicted molar refractivity (Wildman–Crippen MR) is 87.0 cm³/mol. The first-order valence-electron chi connectivity index (χ1n) is 7.08. The van der Waals surface area contributed by atoms with E-state index in [-0.39, 0.29) is 0 Å². The molecule has 0 saturated heterocycles. The van der Waals surface area contributed by atoms with E-state index in [1.165, 1.54) is 0 Å². The van der Waals surface area contributed by atoms with Gasteiger partial charge in [-0.1, -0.05) is 12.1 Å². The molecule has 5 heteroatoms. The minimum absolute atomic E-state index is 0.460. The Morgan fingerprint density at radius 3 is 2.30 bits per heavy atom. The van der Waals surface area contributed by atoms with Crippen LogP contribution in [0.5, 0.6) is 17.2 Å². The van der Waals surface area contributed by atoms with E-state index < -0.39 is 0 Å². The molecule has 0 amide bonds. The van der Waals surface area contributed by atoms with Gasteiger partial charge in [0.05, 0.1) is 38.7 Å². The van der Waals surface area contributed by atoms with E-state index in [9.17, 15) is 0 Å². The summed E-state index contributed by atoms with van der Waals surface area (Å²) in [5, 5.41) is 0. The smallest absolute Gasteiger partial charge is 0.230 e. The standard InChI is InChI=1S/C18H17NO4/c1-20-12-8-9-16(22-3)14(10-12)18-19-11-17(23-18)13-6-4-5-7-15(13)21-2/h4-11H,1-3H3. The largest absolute Gasteiger partial charge is 0.497 e. The fourth-order valence-electron chi connectivity index (χ4n) is 2.35. The maximum atomic E-state index is 5.91. The minimum atomic E-state index is 0.460. The zero-order valence-corrected chi connectivity index (χ0v) is 13.2. The van der Waals surface area contributed by atoms with Gasteiger partial charge in [0, 0.05) is 0 Å². The quantitative estimate of drug-likeness (QED) is 0.712. The van der Waals surface area contributed by atoms with Crippen molar-refractivity contribution in [3.8, 4) is 40.0 Å². The van der Waals surface area contributed by atoms with Crippen molar-refractivity contribution < 1.29 is 18.6 Å². The summed E-state index contributed by atoms with van der Waals surface area (Å²) in [5.74, 6) is 3.19. The number of benzene rings is 2. The Hall–Kier alpha value is -2.95. The van der Waals surface area contributed by atoms with Crippen molar-refractivity contribution in [3.05, 3.63) is 48.7 Å². The number of hydrogen-bond donors (Lipinski definition) is 0. The van der Waals surface area contributed by atoms with Crippen molar-refractivity contribution in [2.45, 2.75) is 0 Å². The van der Waals surface area contributed by atoms with Crippen LogP contribution in [0.15, 0.2) is 53.1 Å². The predicted octanol–water partition coefficient (Wildman–Crippen LogP) is 4.03. The molecule has 0 aliphatic rings. The minimum Gasteiger partial charge on any atom is -0.497 e. The first-order valence-corrected chi connectivity index (χ1v) is 7.08. The highest BCUT2D eigenvalue weighted by Crippen LogP contribution is 2.36. The third-order valence-electron chi connectivity index (χ3n) is 3.52. The molecular formula is C18H17NO4. The van der Waals surface area contributed by atoms with Crippen LogP contribution in [-0.2, 0) is 0 Å². The highest BCUT2D eigenvalue weighted by Gasteiger charge is 2.16. The molecule has 0 radical (unpaired) electrons. The van der Waals surface area contributed by atoms with Gasteiger partial charge in [0.15, 0.2) is 5.76 Å². The summed E-state index contributed by atoms with van der Waals surface area (Å²) in [7, 11) is 4.85. The van der Waals surface area contributed by atoms with E-state index in [1.54, 1.807) is 27.5 Å². The summed E-state index contributed by atoms with van der Waals surface area (Å²) < 4.78 is 21.9. The molecule has 0 saturated carbocycles. The normalized spacial score (nSPS) is 10.4. The number of ether oxygens (including phenoxy) is 3. The van der Waals surface area contributed by atoms with Crippen molar-refractivity contribution in [2.24, 2.45) is 0 Å². The van der Waals surface area contributed by atoms with Crippen LogP contribution in [0.4, 0.5) is 0 Å². The van der Waals surface area contributed by atoms with Gasteiger partial charge in [-0.3, -0.25) is 0 Å². The first-order chi connectivity index (χ1) is 11.3. The van der Waals surface area contributed by atoms with Crippen LogP contribution in [0, 0.1) is 0 Å². The molecule has 3 aromatic rings. The van der Waals surface area contributed by atoms with Gasteiger partial charge >= 0.3 is 0 Å². The Kier molecular flexibility index (Phi) is 4.19. The van der Waals surface area contributed by atoms with Gasteiger partial charge in [0.1, 0.15) is 17.2 Å². The van der Waals surface area contributed by atoms with Crippen LogP contribution in [0.1, 0.15) is 0 Å². The first kappa shape index (κ1) is 15.0. The third kappa shape index (κ3) is 2.85. The molecule has 1 aromatic heterocycles. The summed E-state index contributed by atoms with van der Waals surface area (Å²) in [5.41, 5.74) is 1.57. The molecule has 3 rings (SSSR count). The number of rotatable bonds is 5. The van der Waals surface area contributed by atoms with E-state index in [2.05, 4.69) is 4.98 Å². The highest BCUT2D eigenvalue weighted by molar-refractivity contribution is 5.70. The molecule has 0 aliphatic heterocycles. The molecule has 5 nitrogen and oxygen atoms in total. The topological polar surface area (TPSA) is 53.7 Å². The summed E-state index contributed by atoms with van der Waals surface area (Å²) in [6.45, 7) is 0. The molecule has 23 heavy (non-hydrogen) atoms. The van der Waals surface area contributed by atoms with Gasteiger partial charge in [0.25, 0.3) is 0 Å². The van der Waals surface area contributed by atoms with Crippen LogP contribution in [0.2, 0.25) is 0 Å². The molecule has 0 aliphatic carbocycles. The number of nitrogens with zero attached hydrogens (tertiary/aromatic N) is 1.